The lowest BCUT2D eigenvalue weighted by Gasteiger charge is -2.60. The molecule has 0 unspecified atom stereocenters. The Labute approximate surface area is 101 Å². The van der Waals surface area contributed by atoms with Gasteiger partial charge in [0.15, 0.2) is 0 Å². The molecule has 4 rings (SSSR count). The van der Waals surface area contributed by atoms with Gasteiger partial charge in [-0.3, -0.25) is 0 Å². The van der Waals surface area contributed by atoms with Crippen molar-refractivity contribution in [3.8, 4) is 0 Å². The molecule has 0 aromatic carbocycles. The maximum absolute atomic E-state index is 2.65. The lowest BCUT2D eigenvalue weighted by atomic mass is 9.45. The molecule has 0 atom stereocenters. The molecular weight excluding hydrogens is 192 g/mol. The fourth-order valence-electron chi connectivity index (χ4n) is 5.43. The van der Waals surface area contributed by atoms with Crippen LogP contribution in [0.5, 0.6) is 0 Å². The van der Waals surface area contributed by atoms with Crippen molar-refractivity contribution in [1.82, 2.24) is 0 Å². The van der Waals surface area contributed by atoms with Gasteiger partial charge in [0, 0.05) is 0 Å². The summed E-state index contributed by atoms with van der Waals surface area (Å²) in [5.74, 6) is 4.50. The van der Waals surface area contributed by atoms with E-state index in [0.29, 0.717) is 0 Å². The highest BCUT2D eigenvalue weighted by Gasteiger charge is 2.53. The zero-order chi connectivity index (χ0) is 11.2. The normalized spacial score (nSPS) is 49.9. The average molecular weight is 220 g/mol. The van der Waals surface area contributed by atoms with Gasteiger partial charge in [0.05, 0.1) is 0 Å². The first kappa shape index (κ1) is 11.1. The molecule has 0 aromatic heterocycles. The fraction of sp³-hybridized carbons (Fsp3) is 1.00. The minimum atomic E-state index is 0.753. The first-order valence-corrected chi connectivity index (χ1v) is 7.72. The first-order valence-electron chi connectivity index (χ1n) is 7.72. The summed E-state index contributed by atoms with van der Waals surface area (Å²) in [5, 5.41) is 0. The summed E-state index contributed by atoms with van der Waals surface area (Å²) in [4.78, 5) is 0. The molecule has 0 amide bonds. The molecule has 4 saturated carbocycles. The van der Waals surface area contributed by atoms with Crippen molar-refractivity contribution in [2.45, 2.75) is 71.6 Å². The molecule has 0 aliphatic heterocycles. The molecule has 4 aliphatic rings. The summed E-state index contributed by atoms with van der Waals surface area (Å²) in [6.45, 7) is 4.98. The third-order valence-corrected chi connectivity index (χ3v) is 6.32. The van der Waals surface area contributed by atoms with Gasteiger partial charge in [-0.2, -0.15) is 0 Å². The maximum atomic E-state index is 2.65. The number of unbranched alkanes of at least 4 members (excludes halogenated alkanes) is 2. The Morgan fingerprint density at radius 3 is 1.94 bits per heavy atom. The quantitative estimate of drug-likeness (QED) is 0.583. The Balaban J connectivity index is 1.70. The molecule has 0 aromatic rings. The third kappa shape index (κ3) is 1.64. The van der Waals surface area contributed by atoms with E-state index in [-0.39, 0.29) is 0 Å². The van der Waals surface area contributed by atoms with Gasteiger partial charge in [-0.25, -0.2) is 0 Å². The zero-order valence-electron chi connectivity index (χ0n) is 11.2. The fourth-order valence-corrected chi connectivity index (χ4v) is 5.43. The van der Waals surface area contributed by atoms with Gasteiger partial charge in [-0.05, 0) is 67.6 Å². The molecule has 0 nitrogen and oxygen atoms in total. The molecule has 0 N–H and O–H groups in total. The van der Waals surface area contributed by atoms with Gasteiger partial charge >= 0.3 is 0 Å². The van der Waals surface area contributed by atoms with E-state index in [4.69, 9.17) is 0 Å². The molecule has 4 fully saturated rings. The van der Waals surface area contributed by atoms with E-state index < -0.39 is 0 Å². The van der Waals surface area contributed by atoms with Crippen LogP contribution >= 0.6 is 0 Å². The van der Waals surface area contributed by atoms with E-state index >= 15 is 0 Å². The van der Waals surface area contributed by atoms with Crippen LogP contribution in [-0.2, 0) is 0 Å². The third-order valence-electron chi connectivity index (χ3n) is 6.32. The highest BCUT2D eigenvalue weighted by atomic mass is 14.6. The summed E-state index contributed by atoms with van der Waals surface area (Å²) in [7, 11) is 0. The predicted octanol–water partition coefficient (Wildman–Crippen LogP) is 5.03. The van der Waals surface area contributed by atoms with Crippen LogP contribution in [0.2, 0.25) is 0 Å². The van der Waals surface area contributed by atoms with E-state index in [0.717, 1.165) is 29.1 Å². The van der Waals surface area contributed by atoms with E-state index in [1.807, 2.05) is 0 Å². The van der Waals surface area contributed by atoms with Gasteiger partial charge in [0.2, 0.25) is 0 Å². The van der Waals surface area contributed by atoms with Crippen molar-refractivity contribution in [2.24, 2.45) is 29.1 Å². The predicted molar refractivity (Wildman–Crippen MR) is 69.3 cm³/mol. The highest BCUT2D eigenvalue weighted by molar-refractivity contribution is 5.03. The first-order chi connectivity index (χ1) is 7.72. The molecule has 0 heteroatoms. The SMILES string of the molecule is CCCCCC1(C)C2CC3CC(C2)CC1C3. The van der Waals surface area contributed by atoms with Crippen molar-refractivity contribution in [3.05, 3.63) is 0 Å². The van der Waals surface area contributed by atoms with Gasteiger partial charge in [0.25, 0.3) is 0 Å². The van der Waals surface area contributed by atoms with Gasteiger partial charge in [-0.1, -0.05) is 33.1 Å². The number of rotatable bonds is 4. The lowest BCUT2D eigenvalue weighted by Crippen LogP contribution is -2.51. The van der Waals surface area contributed by atoms with Crippen molar-refractivity contribution < 1.29 is 0 Å². The van der Waals surface area contributed by atoms with Crippen molar-refractivity contribution >= 4 is 0 Å². The summed E-state index contributed by atoms with van der Waals surface area (Å²) >= 11 is 0. The van der Waals surface area contributed by atoms with E-state index in [1.165, 1.54) is 25.7 Å². The van der Waals surface area contributed by atoms with Crippen molar-refractivity contribution in [2.75, 3.05) is 0 Å². The zero-order valence-corrected chi connectivity index (χ0v) is 11.2. The Hall–Kier alpha value is 0. The Bertz CT molecular complexity index is 225. The van der Waals surface area contributed by atoms with E-state index in [9.17, 15) is 0 Å². The average Bonchev–Trinajstić information content (AvgIpc) is 2.25. The molecule has 4 bridgehead atoms. The second-order valence-electron chi connectivity index (χ2n) is 7.27. The molecule has 0 heterocycles. The smallest absolute Gasteiger partial charge is 0.0269 e. The molecule has 4 aliphatic carbocycles. The molecular formula is C16H28. The summed E-state index contributed by atoms with van der Waals surface area (Å²) in [6.07, 6.45) is 13.8. The second-order valence-corrected chi connectivity index (χ2v) is 7.27. The van der Waals surface area contributed by atoms with Crippen LogP contribution in [0.15, 0.2) is 0 Å². The van der Waals surface area contributed by atoms with Gasteiger partial charge in [-0.15, -0.1) is 0 Å². The standard InChI is InChI=1S/C16H28/c1-3-4-5-6-16(2)14-8-12-7-13(10-14)11-15(16)9-12/h12-15H,3-11H2,1-2H3. The lowest BCUT2D eigenvalue weighted by molar-refractivity contribution is -0.103. The minimum absolute atomic E-state index is 0.753. The minimum Gasteiger partial charge on any atom is -0.0654 e. The topological polar surface area (TPSA) is 0 Å². The van der Waals surface area contributed by atoms with E-state index in [2.05, 4.69) is 13.8 Å². The largest absolute Gasteiger partial charge is 0.0654 e. The maximum Gasteiger partial charge on any atom is -0.0269 e. The van der Waals surface area contributed by atoms with Crippen LogP contribution in [0.3, 0.4) is 0 Å². The Kier molecular flexibility index (Phi) is 2.80. The summed E-state index contributed by atoms with van der Waals surface area (Å²) in [5.41, 5.74) is 0.753. The van der Waals surface area contributed by atoms with Crippen LogP contribution in [0, 0.1) is 29.1 Å². The number of hydrogen-bond donors (Lipinski definition) is 0. The van der Waals surface area contributed by atoms with Crippen molar-refractivity contribution in [1.29, 1.82) is 0 Å². The highest BCUT2D eigenvalue weighted by Crippen LogP contribution is 2.63. The molecule has 92 valence electrons. The monoisotopic (exact) mass is 220 g/mol. The van der Waals surface area contributed by atoms with E-state index in [1.54, 1.807) is 32.1 Å². The molecule has 0 spiro atoms. The Morgan fingerprint density at radius 1 is 0.875 bits per heavy atom. The Morgan fingerprint density at radius 2 is 1.44 bits per heavy atom. The van der Waals surface area contributed by atoms with Crippen LogP contribution < -0.4 is 0 Å². The summed E-state index contributed by atoms with van der Waals surface area (Å²) in [6, 6.07) is 0. The van der Waals surface area contributed by atoms with Crippen molar-refractivity contribution in [3.63, 3.8) is 0 Å². The molecule has 0 saturated heterocycles. The number of hydrogen-bond acceptors (Lipinski definition) is 0. The van der Waals surface area contributed by atoms with Crippen LogP contribution in [0.4, 0.5) is 0 Å². The van der Waals surface area contributed by atoms with Crippen LogP contribution in [0.1, 0.15) is 71.6 Å². The van der Waals surface area contributed by atoms with Gasteiger partial charge < -0.3 is 0 Å². The summed E-state index contributed by atoms with van der Waals surface area (Å²) < 4.78 is 0. The van der Waals surface area contributed by atoms with Crippen LogP contribution in [-0.4, -0.2) is 0 Å². The van der Waals surface area contributed by atoms with Crippen LogP contribution in [0.25, 0.3) is 0 Å². The molecule has 0 radical (unpaired) electrons. The van der Waals surface area contributed by atoms with Gasteiger partial charge in [0.1, 0.15) is 0 Å². The second kappa shape index (κ2) is 4.03. The molecule has 16 heavy (non-hydrogen) atoms.